The van der Waals surface area contributed by atoms with E-state index in [1.54, 1.807) is 0 Å². The lowest BCUT2D eigenvalue weighted by Crippen LogP contribution is -2.25. The highest BCUT2D eigenvalue weighted by atomic mass is 31.0. The first-order valence-corrected chi connectivity index (χ1v) is 11.0. The van der Waals surface area contributed by atoms with Crippen molar-refractivity contribution in [1.82, 2.24) is 0 Å². The van der Waals surface area contributed by atoms with Gasteiger partial charge in [-0.25, -0.2) is 0 Å². The molecule has 5 nitrogen and oxygen atoms in total. The van der Waals surface area contributed by atoms with Gasteiger partial charge < -0.3 is 18.3 Å². The summed E-state index contributed by atoms with van der Waals surface area (Å²) >= 11 is 0. The lowest BCUT2D eigenvalue weighted by atomic mass is 10.1. The molecule has 0 aromatic carbocycles. The molecule has 0 saturated carbocycles. The van der Waals surface area contributed by atoms with Gasteiger partial charge in [-0.05, 0) is 25.7 Å². The molecule has 0 fully saturated rings. The molecule has 0 spiro atoms. The summed E-state index contributed by atoms with van der Waals surface area (Å²) in [7, 11) is 8.22. The monoisotopic (exact) mass is 460 g/mol. The molecule has 8 heteroatoms. The van der Waals surface area contributed by atoms with Crippen molar-refractivity contribution in [3.63, 3.8) is 0 Å². The third-order valence-corrected chi connectivity index (χ3v) is 4.94. The Balaban J connectivity index is 4.43. The van der Waals surface area contributed by atoms with Gasteiger partial charge in [0.05, 0.1) is 19.3 Å². The Morgan fingerprint density at radius 1 is 0.897 bits per heavy atom. The van der Waals surface area contributed by atoms with Gasteiger partial charge in [0, 0.05) is 34.8 Å². The Kier molecular flexibility index (Phi) is 20.1. The van der Waals surface area contributed by atoms with Crippen molar-refractivity contribution in [3.05, 3.63) is 60.8 Å². The molecule has 0 aromatic rings. The van der Waals surface area contributed by atoms with Gasteiger partial charge in [0.2, 0.25) is 0 Å². The molecule has 0 saturated heterocycles. The second kappa shape index (κ2) is 20.6. The number of ether oxygens (including phenoxy) is 1. The van der Waals surface area contributed by atoms with Crippen molar-refractivity contribution in [2.75, 3.05) is 7.11 Å². The van der Waals surface area contributed by atoms with Gasteiger partial charge in [0.1, 0.15) is 6.10 Å². The summed E-state index contributed by atoms with van der Waals surface area (Å²) in [5, 5.41) is 0. The van der Waals surface area contributed by atoms with Crippen molar-refractivity contribution in [2.45, 2.75) is 57.3 Å². The van der Waals surface area contributed by atoms with Gasteiger partial charge >= 0.3 is 5.97 Å². The maximum Gasteiger partial charge on any atom is 0.305 e. The average Bonchev–Trinajstić information content (AvgIpc) is 2.74. The third kappa shape index (κ3) is 15.8. The van der Waals surface area contributed by atoms with E-state index in [0.717, 1.165) is 12.8 Å². The van der Waals surface area contributed by atoms with Gasteiger partial charge in [0.15, 0.2) is 0 Å². The zero-order valence-electron chi connectivity index (χ0n) is 17.3. The van der Waals surface area contributed by atoms with Crippen LogP contribution in [0.4, 0.5) is 0 Å². The molecular weight excluding hydrogens is 425 g/mol. The van der Waals surface area contributed by atoms with Crippen LogP contribution < -0.4 is 0 Å². The minimum atomic E-state index is -0.236. The second-order valence-electron chi connectivity index (χ2n) is 6.07. The lowest BCUT2D eigenvalue weighted by Gasteiger charge is -2.21. The Morgan fingerprint density at radius 3 is 2.10 bits per heavy atom. The van der Waals surface area contributed by atoms with Crippen LogP contribution in [0.1, 0.15) is 39.0 Å². The normalized spacial score (nSPS) is 15.9. The SMILES string of the molecule is CCC=CCC(C=CC=CC=CC=CC(OP)C(CCCC(=O)OC)OP)OP. The fraction of sp³-hybridized carbons (Fsp3) is 0.476. The van der Waals surface area contributed by atoms with E-state index in [-0.39, 0.29) is 24.3 Å². The summed E-state index contributed by atoms with van der Waals surface area (Å²) in [4.78, 5) is 11.2. The van der Waals surface area contributed by atoms with Crippen LogP contribution in [-0.4, -0.2) is 31.4 Å². The molecule has 6 atom stereocenters. The predicted molar refractivity (Wildman–Crippen MR) is 130 cm³/mol. The van der Waals surface area contributed by atoms with E-state index in [2.05, 4.69) is 52.2 Å². The summed E-state index contributed by atoms with van der Waals surface area (Å²) in [5.74, 6) is -0.219. The Morgan fingerprint density at radius 2 is 1.55 bits per heavy atom. The molecule has 6 unspecified atom stereocenters. The maximum absolute atomic E-state index is 11.2. The Hall–Kier alpha value is -0.660. The Bertz CT molecular complexity index is 559. The van der Waals surface area contributed by atoms with Crippen LogP contribution in [0.2, 0.25) is 0 Å². The molecule has 0 aliphatic rings. The van der Waals surface area contributed by atoms with E-state index in [1.165, 1.54) is 7.11 Å². The maximum atomic E-state index is 11.2. The highest BCUT2D eigenvalue weighted by molar-refractivity contribution is 7.10. The summed E-state index contributed by atoms with van der Waals surface area (Å²) in [5.41, 5.74) is 0. The second-order valence-corrected chi connectivity index (χ2v) is 6.89. The van der Waals surface area contributed by atoms with Crippen molar-refractivity contribution in [1.29, 1.82) is 0 Å². The molecule has 0 rings (SSSR count). The van der Waals surface area contributed by atoms with Crippen molar-refractivity contribution in [2.24, 2.45) is 0 Å². The van der Waals surface area contributed by atoms with Crippen LogP contribution in [0.15, 0.2) is 60.8 Å². The molecule has 0 radical (unpaired) electrons. The van der Waals surface area contributed by atoms with Crippen LogP contribution in [-0.2, 0) is 23.1 Å². The van der Waals surface area contributed by atoms with Crippen molar-refractivity contribution >= 4 is 34.4 Å². The molecule has 0 heterocycles. The van der Waals surface area contributed by atoms with Gasteiger partial charge in [0.25, 0.3) is 0 Å². The summed E-state index contributed by atoms with van der Waals surface area (Å²) in [6.07, 6.45) is 23.1. The number of esters is 1. The number of methoxy groups -OCH3 is 1. The molecule has 0 amide bonds. The van der Waals surface area contributed by atoms with Gasteiger partial charge in [-0.15, -0.1) is 0 Å². The Labute approximate surface area is 182 Å². The van der Waals surface area contributed by atoms with Crippen LogP contribution >= 0.6 is 28.4 Å². The summed E-state index contributed by atoms with van der Waals surface area (Å²) < 4.78 is 20.8. The van der Waals surface area contributed by atoms with E-state index >= 15 is 0 Å². The minimum Gasteiger partial charge on any atom is -0.469 e. The smallest absolute Gasteiger partial charge is 0.305 e. The highest BCUT2D eigenvalue weighted by Gasteiger charge is 2.18. The van der Waals surface area contributed by atoms with Crippen LogP contribution in [0.25, 0.3) is 0 Å². The zero-order valence-corrected chi connectivity index (χ0v) is 20.8. The van der Waals surface area contributed by atoms with Gasteiger partial charge in [-0.3, -0.25) is 4.79 Å². The molecule has 0 aromatic heterocycles. The molecule has 164 valence electrons. The predicted octanol–water partition coefficient (Wildman–Crippen LogP) is 5.44. The van der Waals surface area contributed by atoms with Crippen LogP contribution in [0, 0.1) is 0 Å². The first-order chi connectivity index (χ1) is 14.1. The average molecular weight is 460 g/mol. The molecule has 0 bridgehead atoms. The largest absolute Gasteiger partial charge is 0.469 e. The van der Waals surface area contributed by atoms with E-state index in [1.807, 2.05) is 48.6 Å². The standard InChI is InChI=1S/C21H35O5P3/c1-3-4-9-13-18(24-27)14-10-7-5-6-8-11-15-19(25-28)20(26-29)16-12-17-21(22)23-2/h4-11,14-15,18-20H,3,12-13,16-17,27-29H2,1-2H3. The van der Waals surface area contributed by atoms with E-state index in [4.69, 9.17) is 13.6 Å². The number of rotatable bonds is 16. The van der Waals surface area contributed by atoms with E-state index in [0.29, 0.717) is 19.3 Å². The van der Waals surface area contributed by atoms with Gasteiger partial charge in [-0.1, -0.05) is 67.7 Å². The summed E-state index contributed by atoms with van der Waals surface area (Å²) in [6, 6.07) is 0. The number of hydrogen-bond acceptors (Lipinski definition) is 5. The molecular formula is C21H35O5P3. The number of carbonyl (C=O) groups is 1. The van der Waals surface area contributed by atoms with Crippen LogP contribution in [0.5, 0.6) is 0 Å². The molecule has 0 aliphatic carbocycles. The third-order valence-electron chi connectivity index (χ3n) is 3.92. The topological polar surface area (TPSA) is 54.0 Å². The molecule has 29 heavy (non-hydrogen) atoms. The van der Waals surface area contributed by atoms with E-state index < -0.39 is 0 Å². The van der Waals surface area contributed by atoms with Crippen LogP contribution in [0.3, 0.4) is 0 Å². The number of allylic oxidation sites excluding steroid dienone is 7. The van der Waals surface area contributed by atoms with Crippen molar-refractivity contribution < 1.29 is 23.1 Å². The molecule has 0 N–H and O–H groups in total. The van der Waals surface area contributed by atoms with Crippen molar-refractivity contribution in [3.8, 4) is 0 Å². The van der Waals surface area contributed by atoms with E-state index in [9.17, 15) is 4.79 Å². The number of carbonyl (C=O) groups excluding carboxylic acids is 1. The fourth-order valence-corrected chi connectivity index (χ4v) is 3.07. The zero-order chi connectivity index (χ0) is 21.7. The highest BCUT2D eigenvalue weighted by Crippen LogP contribution is 2.18. The molecule has 0 aliphatic heterocycles. The quantitative estimate of drug-likeness (QED) is 0.133. The first-order valence-electron chi connectivity index (χ1n) is 9.59. The minimum absolute atomic E-state index is 0.0549. The lowest BCUT2D eigenvalue weighted by molar-refractivity contribution is -0.140. The number of hydrogen-bond donors (Lipinski definition) is 0. The summed E-state index contributed by atoms with van der Waals surface area (Å²) in [6.45, 7) is 2.11. The first kappa shape index (κ1) is 28.3. The van der Waals surface area contributed by atoms with Gasteiger partial charge in [-0.2, -0.15) is 0 Å². The fourth-order valence-electron chi connectivity index (χ4n) is 2.31.